The fraction of sp³-hybridized carbons (Fsp3) is 0.714. The molecule has 0 spiro atoms. The summed E-state index contributed by atoms with van der Waals surface area (Å²) in [5.74, 6) is -1.22. The molecule has 0 aromatic carbocycles. The van der Waals surface area contributed by atoms with Gasteiger partial charge >= 0.3 is 11.9 Å². The molecule has 5 heteroatoms. The van der Waals surface area contributed by atoms with E-state index in [4.69, 9.17) is 5.11 Å². The summed E-state index contributed by atoms with van der Waals surface area (Å²) in [6.45, 7) is 3.69. The zero-order valence-electron chi connectivity index (χ0n) is 7.23. The smallest absolute Gasteiger partial charge is 0.305 e. The van der Waals surface area contributed by atoms with Gasteiger partial charge in [0.05, 0.1) is 0 Å². The second-order valence-electron chi connectivity index (χ2n) is 2.33. The van der Waals surface area contributed by atoms with Crippen molar-refractivity contribution in [2.45, 2.75) is 33.2 Å². The third-order valence-electron chi connectivity index (χ3n) is 0.958. The molecular formula is C7H12O5. The lowest BCUT2D eigenvalue weighted by atomic mass is 10.4. The van der Waals surface area contributed by atoms with Crippen LogP contribution in [0.2, 0.25) is 0 Å². The minimum atomic E-state index is -1.21. The number of aliphatic hydroxyl groups is 1. The second kappa shape index (κ2) is 4.71. The Morgan fingerprint density at radius 2 is 1.50 bits per heavy atom. The lowest BCUT2D eigenvalue weighted by Crippen LogP contribution is -2.32. The van der Waals surface area contributed by atoms with Gasteiger partial charge in [0.1, 0.15) is 6.10 Å². The van der Waals surface area contributed by atoms with E-state index in [2.05, 4.69) is 9.47 Å². The summed E-state index contributed by atoms with van der Waals surface area (Å²) in [7, 11) is 0. The molecule has 5 nitrogen and oxygen atoms in total. The molecule has 0 fully saturated rings. The highest BCUT2D eigenvalue weighted by Gasteiger charge is 2.20. The molecule has 0 aliphatic carbocycles. The Bertz CT molecular complexity index is 159. The monoisotopic (exact) mass is 176 g/mol. The van der Waals surface area contributed by atoms with Crippen LogP contribution in [0.5, 0.6) is 0 Å². The highest BCUT2D eigenvalue weighted by atomic mass is 16.7. The summed E-state index contributed by atoms with van der Waals surface area (Å²) in [4.78, 5) is 20.8. The van der Waals surface area contributed by atoms with E-state index < -0.39 is 24.3 Å². The van der Waals surface area contributed by atoms with Crippen molar-refractivity contribution < 1.29 is 24.2 Å². The van der Waals surface area contributed by atoms with E-state index in [1.165, 1.54) is 20.8 Å². The van der Waals surface area contributed by atoms with Crippen molar-refractivity contribution >= 4 is 11.9 Å². The van der Waals surface area contributed by atoms with Gasteiger partial charge in [-0.2, -0.15) is 0 Å². The normalized spacial score (nSPS) is 12.4. The highest BCUT2D eigenvalue weighted by molar-refractivity contribution is 5.68. The molecule has 0 amide bonds. The zero-order chi connectivity index (χ0) is 9.72. The molecule has 0 bridgehead atoms. The van der Waals surface area contributed by atoms with Gasteiger partial charge in [0.2, 0.25) is 0 Å². The van der Waals surface area contributed by atoms with Crippen LogP contribution < -0.4 is 0 Å². The van der Waals surface area contributed by atoms with Crippen molar-refractivity contribution in [2.24, 2.45) is 0 Å². The number of aliphatic hydroxyl groups excluding tert-OH is 1. The molecule has 1 N–H and O–H groups in total. The zero-order valence-corrected chi connectivity index (χ0v) is 7.23. The quantitative estimate of drug-likeness (QED) is 0.477. The van der Waals surface area contributed by atoms with Crippen LogP contribution in [0, 0.1) is 0 Å². The third kappa shape index (κ3) is 4.68. The van der Waals surface area contributed by atoms with Crippen molar-refractivity contribution in [2.75, 3.05) is 0 Å². The van der Waals surface area contributed by atoms with Crippen molar-refractivity contribution in [1.29, 1.82) is 0 Å². The lowest BCUT2D eigenvalue weighted by Gasteiger charge is -2.18. The molecule has 0 saturated heterocycles. The molecule has 0 aliphatic heterocycles. The van der Waals surface area contributed by atoms with Gasteiger partial charge < -0.3 is 14.6 Å². The molecule has 0 aromatic heterocycles. The summed E-state index contributed by atoms with van der Waals surface area (Å²) < 4.78 is 8.98. The Morgan fingerprint density at radius 3 is 1.67 bits per heavy atom. The summed E-state index contributed by atoms with van der Waals surface area (Å²) in [5, 5.41) is 8.96. The summed E-state index contributed by atoms with van der Waals surface area (Å²) in [5.41, 5.74) is 0. The summed E-state index contributed by atoms with van der Waals surface area (Å²) in [6.07, 6.45) is -2.24. The molecule has 0 aliphatic rings. The molecule has 0 rings (SSSR count). The number of carbonyl (C=O) groups is 2. The van der Waals surface area contributed by atoms with Crippen LogP contribution in [0.25, 0.3) is 0 Å². The number of hydrogen-bond acceptors (Lipinski definition) is 5. The first-order valence-electron chi connectivity index (χ1n) is 3.46. The predicted molar refractivity (Wildman–Crippen MR) is 39.0 cm³/mol. The van der Waals surface area contributed by atoms with E-state index in [1.807, 2.05) is 0 Å². The summed E-state index contributed by atoms with van der Waals surface area (Å²) >= 11 is 0. The fourth-order valence-corrected chi connectivity index (χ4v) is 0.548. The van der Waals surface area contributed by atoms with Gasteiger partial charge in [0, 0.05) is 13.8 Å². The van der Waals surface area contributed by atoms with E-state index in [-0.39, 0.29) is 0 Å². The Kier molecular flexibility index (Phi) is 4.28. The van der Waals surface area contributed by atoms with E-state index >= 15 is 0 Å². The Balaban J connectivity index is 4.04. The van der Waals surface area contributed by atoms with E-state index in [0.29, 0.717) is 0 Å². The van der Waals surface area contributed by atoms with Crippen LogP contribution in [-0.4, -0.2) is 29.4 Å². The van der Waals surface area contributed by atoms with Crippen LogP contribution in [0.4, 0.5) is 0 Å². The maximum atomic E-state index is 10.4. The molecule has 1 unspecified atom stereocenters. The van der Waals surface area contributed by atoms with Crippen molar-refractivity contribution in [3.8, 4) is 0 Å². The maximum Gasteiger partial charge on any atom is 0.305 e. The average molecular weight is 176 g/mol. The molecule has 0 aromatic rings. The van der Waals surface area contributed by atoms with Crippen LogP contribution >= 0.6 is 0 Å². The van der Waals surface area contributed by atoms with E-state index in [1.54, 1.807) is 0 Å². The maximum absolute atomic E-state index is 10.4. The lowest BCUT2D eigenvalue weighted by molar-refractivity contribution is -0.201. The molecular weight excluding hydrogens is 164 g/mol. The molecule has 0 radical (unpaired) electrons. The minimum absolute atomic E-state index is 0.609. The second-order valence-corrected chi connectivity index (χ2v) is 2.33. The largest absolute Gasteiger partial charge is 0.422 e. The topological polar surface area (TPSA) is 72.8 Å². The van der Waals surface area contributed by atoms with Crippen LogP contribution in [0.15, 0.2) is 0 Å². The molecule has 0 heterocycles. The van der Waals surface area contributed by atoms with Gasteiger partial charge in [0.15, 0.2) is 0 Å². The van der Waals surface area contributed by atoms with Crippen molar-refractivity contribution in [1.82, 2.24) is 0 Å². The minimum Gasteiger partial charge on any atom is -0.422 e. The van der Waals surface area contributed by atoms with Crippen LogP contribution in [0.3, 0.4) is 0 Å². The van der Waals surface area contributed by atoms with Gasteiger partial charge in [-0.15, -0.1) is 0 Å². The predicted octanol–water partition coefficient (Wildman–Crippen LogP) is -0.181. The average Bonchev–Trinajstić information content (AvgIpc) is 1.83. The van der Waals surface area contributed by atoms with Gasteiger partial charge in [-0.05, 0) is 6.92 Å². The first-order valence-corrected chi connectivity index (χ1v) is 3.46. The first-order chi connectivity index (χ1) is 5.43. The van der Waals surface area contributed by atoms with Gasteiger partial charge in [-0.1, -0.05) is 0 Å². The first kappa shape index (κ1) is 10.9. The number of esters is 2. The van der Waals surface area contributed by atoms with E-state index in [0.717, 1.165) is 0 Å². The van der Waals surface area contributed by atoms with E-state index in [9.17, 15) is 9.59 Å². The molecule has 70 valence electrons. The number of ether oxygens (including phenoxy) is 2. The van der Waals surface area contributed by atoms with Crippen molar-refractivity contribution in [3.05, 3.63) is 0 Å². The standard InChI is InChI=1S/C7H12O5/c1-4(8)7(11-5(2)9)12-6(3)10/h4,7-8H,1-3H3. The fourth-order valence-electron chi connectivity index (χ4n) is 0.548. The summed E-state index contributed by atoms with van der Waals surface area (Å²) in [6, 6.07) is 0. The Hall–Kier alpha value is -1.10. The SMILES string of the molecule is CC(=O)OC(OC(C)=O)C(C)O. The van der Waals surface area contributed by atoms with Gasteiger partial charge in [-0.25, -0.2) is 0 Å². The third-order valence-corrected chi connectivity index (χ3v) is 0.958. The highest BCUT2D eigenvalue weighted by Crippen LogP contribution is 2.01. The van der Waals surface area contributed by atoms with Gasteiger partial charge in [0.25, 0.3) is 6.29 Å². The number of carbonyl (C=O) groups excluding carboxylic acids is 2. The molecule has 0 saturated carbocycles. The van der Waals surface area contributed by atoms with Crippen LogP contribution in [-0.2, 0) is 19.1 Å². The number of rotatable bonds is 3. The van der Waals surface area contributed by atoms with Crippen molar-refractivity contribution in [3.63, 3.8) is 0 Å². The Labute approximate surface area is 70.3 Å². The molecule has 12 heavy (non-hydrogen) atoms. The number of hydrogen-bond donors (Lipinski definition) is 1. The Morgan fingerprint density at radius 1 is 1.17 bits per heavy atom. The van der Waals surface area contributed by atoms with Crippen LogP contribution in [0.1, 0.15) is 20.8 Å². The molecule has 1 atom stereocenters. The van der Waals surface area contributed by atoms with Gasteiger partial charge in [-0.3, -0.25) is 9.59 Å².